The van der Waals surface area contributed by atoms with E-state index in [0.717, 1.165) is 11.3 Å². The Morgan fingerprint density at radius 3 is 2.31 bits per heavy atom. The van der Waals surface area contributed by atoms with Gasteiger partial charge >= 0.3 is 0 Å². The first kappa shape index (κ1) is 26.2. The second-order valence-electron chi connectivity index (χ2n) is 7.39. The highest BCUT2D eigenvalue weighted by molar-refractivity contribution is 8.26. The van der Waals surface area contributed by atoms with Gasteiger partial charge in [0.2, 0.25) is 10.0 Å². The van der Waals surface area contributed by atoms with Gasteiger partial charge in [0.15, 0.2) is 0 Å². The molecule has 35 heavy (non-hydrogen) atoms. The van der Waals surface area contributed by atoms with Crippen molar-refractivity contribution in [1.82, 2.24) is 4.31 Å². The highest BCUT2D eigenvalue weighted by Gasteiger charge is 2.26. The van der Waals surface area contributed by atoms with E-state index in [1.807, 2.05) is 0 Å². The molecule has 3 aromatic rings. The van der Waals surface area contributed by atoms with Gasteiger partial charge in [-0.1, -0.05) is 34.0 Å². The van der Waals surface area contributed by atoms with E-state index in [2.05, 4.69) is 10.0 Å². The minimum absolute atomic E-state index is 0.0603. The van der Waals surface area contributed by atoms with E-state index in [9.17, 15) is 22.3 Å². The van der Waals surface area contributed by atoms with E-state index in [-0.39, 0.29) is 38.5 Å². The predicted molar refractivity (Wildman–Crippen MR) is 139 cm³/mol. The van der Waals surface area contributed by atoms with Crippen molar-refractivity contribution in [3.63, 3.8) is 0 Å². The van der Waals surface area contributed by atoms with Gasteiger partial charge in [-0.2, -0.15) is 4.31 Å². The zero-order chi connectivity index (χ0) is 25.2. The summed E-state index contributed by atoms with van der Waals surface area (Å²) >= 11 is 13.0. The van der Waals surface area contributed by atoms with Crippen LogP contribution in [-0.4, -0.2) is 54.0 Å². The number of carbonyl (C=O) groups is 1. The summed E-state index contributed by atoms with van der Waals surface area (Å²) in [7, 11) is -7.15. The number of nitrogens with one attached hydrogen (secondary N) is 2. The van der Waals surface area contributed by atoms with Gasteiger partial charge in [0.05, 0.1) is 33.7 Å². The molecule has 0 saturated carbocycles. The quantitative estimate of drug-likeness (QED) is 0.293. The summed E-state index contributed by atoms with van der Waals surface area (Å²) in [5, 5.41) is 2.94. The zero-order valence-corrected chi connectivity index (χ0v) is 21.9. The summed E-state index contributed by atoms with van der Waals surface area (Å²) in [5.41, 5.74) is 0.548. The van der Waals surface area contributed by atoms with Gasteiger partial charge in [0, 0.05) is 23.8 Å². The standard InChI is InChI=1S/C21H21Cl2N3O6S3/c22-14-1-6-18(25-34(28,29)20-8-7-19(23)33-20)17(13-14)21(27)24-15-2-4-16(5-3-15)35(30,31)26-9-11-32-12-10-26/h1-8,13,25,28-29H,9-12H2,(H,24,27). The largest absolute Gasteiger partial charge is 0.379 e. The summed E-state index contributed by atoms with van der Waals surface area (Å²) in [6, 6.07) is 13.1. The van der Waals surface area contributed by atoms with Crippen LogP contribution in [-0.2, 0) is 14.8 Å². The first-order chi connectivity index (χ1) is 16.6. The van der Waals surface area contributed by atoms with Gasteiger partial charge in [-0.25, -0.2) is 8.42 Å². The number of ether oxygens (including phenoxy) is 1. The number of rotatable bonds is 7. The monoisotopic (exact) mass is 577 g/mol. The summed E-state index contributed by atoms with van der Waals surface area (Å²) in [4.78, 5) is 13.1. The van der Waals surface area contributed by atoms with Crippen molar-refractivity contribution >= 4 is 72.6 Å². The zero-order valence-electron chi connectivity index (χ0n) is 18.0. The van der Waals surface area contributed by atoms with Crippen LogP contribution in [0.15, 0.2) is 63.7 Å². The maximum atomic E-state index is 13.0. The van der Waals surface area contributed by atoms with Crippen LogP contribution in [0.1, 0.15) is 10.4 Å². The van der Waals surface area contributed by atoms with Crippen molar-refractivity contribution in [2.75, 3.05) is 36.3 Å². The molecule has 0 unspecified atom stereocenters. The summed E-state index contributed by atoms with van der Waals surface area (Å²) in [6.45, 7) is 1.24. The number of anilines is 2. The van der Waals surface area contributed by atoms with Crippen LogP contribution >= 0.6 is 45.3 Å². The Labute approximate surface area is 218 Å². The molecule has 0 spiro atoms. The number of hydrogen-bond acceptors (Lipinski definition) is 8. The van der Waals surface area contributed by atoms with E-state index < -0.39 is 26.7 Å². The van der Waals surface area contributed by atoms with Crippen molar-refractivity contribution in [2.24, 2.45) is 0 Å². The maximum Gasteiger partial charge on any atom is 0.257 e. The Morgan fingerprint density at radius 1 is 1.00 bits per heavy atom. The minimum atomic E-state index is -3.66. The molecule has 4 rings (SSSR count). The van der Waals surface area contributed by atoms with Crippen molar-refractivity contribution in [2.45, 2.75) is 9.10 Å². The Hall–Kier alpha value is -1.87. The number of benzene rings is 2. The molecule has 1 fully saturated rings. The topological polar surface area (TPSA) is 128 Å². The fraction of sp³-hybridized carbons (Fsp3) is 0.190. The molecule has 1 saturated heterocycles. The number of morpholine rings is 1. The van der Waals surface area contributed by atoms with Gasteiger partial charge in [0.1, 0.15) is 4.21 Å². The van der Waals surface area contributed by atoms with Gasteiger partial charge in [-0.15, -0.1) is 11.3 Å². The maximum absolute atomic E-state index is 13.0. The van der Waals surface area contributed by atoms with Crippen LogP contribution in [0.25, 0.3) is 0 Å². The second kappa shape index (κ2) is 10.6. The lowest BCUT2D eigenvalue weighted by atomic mass is 10.1. The lowest BCUT2D eigenvalue weighted by Gasteiger charge is -2.32. The highest BCUT2D eigenvalue weighted by atomic mass is 35.5. The molecule has 4 N–H and O–H groups in total. The van der Waals surface area contributed by atoms with Gasteiger partial charge in [-0.05, 0) is 54.6 Å². The molecule has 188 valence electrons. The Morgan fingerprint density at radius 2 is 1.69 bits per heavy atom. The normalized spacial score (nSPS) is 15.5. The van der Waals surface area contributed by atoms with E-state index in [1.165, 1.54) is 58.9 Å². The SMILES string of the molecule is O=C(Nc1ccc(S(=O)(=O)N2CCOCC2)cc1)c1cc(Cl)ccc1NS(O)(O)c1ccc(Cl)s1. The number of carbonyl (C=O) groups excluding carboxylic acids is 1. The summed E-state index contributed by atoms with van der Waals surface area (Å²) in [5.74, 6) is -0.585. The molecule has 0 atom stereocenters. The molecule has 1 aliphatic heterocycles. The van der Waals surface area contributed by atoms with Crippen LogP contribution in [0.3, 0.4) is 0 Å². The number of amides is 1. The number of hydrogen-bond donors (Lipinski definition) is 4. The molecule has 1 aliphatic rings. The molecular formula is C21H21Cl2N3O6S3. The van der Waals surface area contributed by atoms with E-state index in [1.54, 1.807) is 0 Å². The molecule has 2 heterocycles. The lowest BCUT2D eigenvalue weighted by molar-refractivity contribution is 0.0730. The molecular weight excluding hydrogens is 557 g/mol. The third-order valence-electron chi connectivity index (χ3n) is 5.03. The van der Waals surface area contributed by atoms with Crippen molar-refractivity contribution < 1.29 is 27.1 Å². The third-order valence-corrected chi connectivity index (χ3v) is 10.4. The van der Waals surface area contributed by atoms with Crippen molar-refractivity contribution in [1.29, 1.82) is 0 Å². The third kappa shape index (κ3) is 6.10. The molecule has 2 aromatic carbocycles. The average Bonchev–Trinajstić information content (AvgIpc) is 3.28. The average molecular weight is 579 g/mol. The summed E-state index contributed by atoms with van der Waals surface area (Å²) in [6.07, 6.45) is 0. The minimum Gasteiger partial charge on any atom is -0.379 e. The molecule has 0 aliphatic carbocycles. The molecule has 14 heteroatoms. The van der Waals surface area contributed by atoms with Gasteiger partial charge < -0.3 is 10.1 Å². The smallest absolute Gasteiger partial charge is 0.257 e. The molecule has 1 aromatic heterocycles. The predicted octanol–water partition coefficient (Wildman–Crippen LogP) is 5.46. The number of sulfonamides is 1. The molecule has 1 amide bonds. The fourth-order valence-corrected chi connectivity index (χ4v) is 7.49. The van der Waals surface area contributed by atoms with E-state index in [4.69, 9.17) is 27.9 Å². The molecule has 9 nitrogen and oxygen atoms in total. The second-order valence-corrected chi connectivity index (χ2v) is 13.5. The first-order valence-corrected chi connectivity index (χ1v) is 14.7. The van der Waals surface area contributed by atoms with Crippen LogP contribution in [0.2, 0.25) is 9.36 Å². The number of thiophene rings is 1. The van der Waals surface area contributed by atoms with Crippen LogP contribution in [0, 0.1) is 0 Å². The van der Waals surface area contributed by atoms with Crippen LogP contribution in [0.5, 0.6) is 0 Å². The van der Waals surface area contributed by atoms with Crippen LogP contribution < -0.4 is 10.0 Å². The Kier molecular flexibility index (Phi) is 7.95. The van der Waals surface area contributed by atoms with Gasteiger partial charge in [-0.3, -0.25) is 18.6 Å². The molecule has 0 bridgehead atoms. The van der Waals surface area contributed by atoms with Crippen molar-refractivity contribution in [3.8, 4) is 0 Å². The number of nitrogens with zero attached hydrogens (tertiary/aromatic N) is 1. The Balaban J connectivity index is 1.52. The lowest BCUT2D eigenvalue weighted by Crippen LogP contribution is -2.40. The molecule has 0 radical (unpaired) electrons. The van der Waals surface area contributed by atoms with Crippen LogP contribution in [0.4, 0.5) is 11.4 Å². The van der Waals surface area contributed by atoms with Gasteiger partial charge in [0.25, 0.3) is 5.91 Å². The number of halogens is 2. The van der Waals surface area contributed by atoms with E-state index >= 15 is 0 Å². The highest BCUT2D eigenvalue weighted by Crippen LogP contribution is 2.52. The Bertz CT molecular complexity index is 1330. The fourth-order valence-electron chi connectivity index (χ4n) is 3.29. The summed E-state index contributed by atoms with van der Waals surface area (Å²) < 4.78 is 56.5. The first-order valence-electron chi connectivity index (χ1n) is 10.2. The van der Waals surface area contributed by atoms with Crippen molar-refractivity contribution in [3.05, 3.63) is 69.5 Å². The van der Waals surface area contributed by atoms with E-state index in [0.29, 0.717) is 23.2 Å².